The van der Waals surface area contributed by atoms with E-state index in [1.54, 1.807) is 30.3 Å². The first-order valence-electron chi connectivity index (χ1n) is 9.17. The molecule has 6 nitrogen and oxygen atoms in total. The number of nitrogens with zero attached hydrogens (tertiary/aromatic N) is 1. The first-order chi connectivity index (χ1) is 13.9. The Bertz CT molecular complexity index is 967. The Kier molecular flexibility index (Phi) is 6.39. The number of nitrogens with one attached hydrogen (secondary N) is 1. The van der Waals surface area contributed by atoms with E-state index in [0.717, 1.165) is 22.2 Å². The summed E-state index contributed by atoms with van der Waals surface area (Å²) in [5.74, 6) is -0.0276. The van der Waals surface area contributed by atoms with Gasteiger partial charge in [-0.25, -0.2) is 0 Å². The third-order valence-electron chi connectivity index (χ3n) is 4.46. The minimum absolute atomic E-state index is 0.303. The second-order valence-corrected chi connectivity index (χ2v) is 7.83. The topological polar surface area (TPSA) is 75.7 Å². The van der Waals surface area contributed by atoms with Crippen molar-refractivity contribution in [2.24, 2.45) is 0 Å². The largest absolute Gasteiger partial charge is 0.495 e. The highest BCUT2D eigenvalue weighted by atomic mass is 32.2. The maximum Gasteiger partial charge on any atom is 0.294 e. The fourth-order valence-electron chi connectivity index (χ4n) is 2.85. The van der Waals surface area contributed by atoms with E-state index in [0.29, 0.717) is 22.3 Å². The van der Waals surface area contributed by atoms with Gasteiger partial charge in [-0.1, -0.05) is 50.2 Å². The quantitative estimate of drug-likeness (QED) is 0.710. The molecule has 0 saturated carbocycles. The maximum atomic E-state index is 12.6. The van der Waals surface area contributed by atoms with Gasteiger partial charge in [0.2, 0.25) is 5.91 Å². The summed E-state index contributed by atoms with van der Waals surface area (Å²) in [6.07, 6.45) is 1.67. The molecule has 0 spiro atoms. The van der Waals surface area contributed by atoms with Crippen LogP contribution in [-0.2, 0) is 9.59 Å². The molecular weight excluding hydrogens is 388 g/mol. The van der Waals surface area contributed by atoms with Gasteiger partial charge in [-0.2, -0.15) is 0 Å². The average Bonchev–Trinajstić information content (AvgIpc) is 2.96. The van der Waals surface area contributed by atoms with E-state index in [9.17, 15) is 14.4 Å². The van der Waals surface area contributed by atoms with Crippen LogP contribution in [-0.4, -0.2) is 35.6 Å². The standard InChI is InChI=1S/C22H22N2O4S/c1-14(2)16-10-8-15(9-11-16)12-19-21(26)24(22(27)29-19)13-20(25)23-17-6-4-5-7-18(17)28-3/h4-12,14H,13H2,1-3H3,(H,23,25)/b19-12-. The van der Waals surface area contributed by atoms with Crippen molar-refractivity contribution in [3.63, 3.8) is 0 Å². The lowest BCUT2D eigenvalue weighted by atomic mass is 10.0. The monoisotopic (exact) mass is 410 g/mol. The summed E-state index contributed by atoms with van der Waals surface area (Å²) in [5.41, 5.74) is 2.51. The Labute approximate surface area is 173 Å². The molecule has 3 amide bonds. The van der Waals surface area contributed by atoms with Gasteiger partial charge in [0.25, 0.3) is 11.1 Å². The first-order valence-corrected chi connectivity index (χ1v) is 9.99. The minimum atomic E-state index is -0.473. The summed E-state index contributed by atoms with van der Waals surface area (Å²) in [6, 6.07) is 14.8. The Balaban J connectivity index is 1.69. The number of benzene rings is 2. The van der Waals surface area contributed by atoms with Gasteiger partial charge in [0.05, 0.1) is 17.7 Å². The second kappa shape index (κ2) is 8.96. The van der Waals surface area contributed by atoms with Crippen molar-refractivity contribution in [1.29, 1.82) is 0 Å². The molecule has 0 atom stereocenters. The molecule has 7 heteroatoms. The van der Waals surface area contributed by atoms with Gasteiger partial charge in [0, 0.05) is 0 Å². The molecule has 3 rings (SSSR count). The molecule has 0 aliphatic carbocycles. The molecule has 1 aliphatic rings. The number of hydrogen-bond donors (Lipinski definition) is 1. The van der Waals surface area contributed by atoms with Crippen LogP contribution in [0.2, 0.25) is 0 Å². The number of anilines is 1. The van der Waals surface area contributed by atoms with Crippen LogP contribution >= 0.6 is 11.8 Å². The minimum Gasteiger partial charge on any atom is -0.495 e. The number of rotatable bonds is 6. The SMILES string of the molecule is COc1ccccc1NC(=O)CN1C(=O)S/C(=C\c2ccc(C(C)C)cc2)C1=O. The van der Waals surface area contributed by atoms with Crippen molar-refractivity contribution in [3.05, 3.63) is 64.6 Å². The molecule has 1 aliphatic heterocycles. The summed E-state index contributed by atoms with van der Waals surface area (Å²) >= 11 is 0.837. The van der Waals surface area contributed by atoms with Gasteiger partial charge in [-0.05, 0) is 47.0 Å². The molecule has 29 heavy (non-hydrogen) atoms. The third kappa shape index (κ3) is 4.86. The lowest BCUT2D eigenvalue weighted by molar-refractivity contribution is -0.127. The molecule has 1 heterocycles. The lowest BCUT2D eigenvalue weighted by Crippen LogP contribution is -2.36. The molecule has 2 aromatic rings. The average molecular weight is 410 g/mol. The number of carbonyl (C=O) groups is 3. The second-order valence-electron chi connectivity index (χ2n) is 6.84. The number of para-hydroxylation sites is 2. The summed E-state index contributed by atoms with van der Waals surface area (Å²) < 4.78 is 5.19. The predicted molar refractivity (Wildman–Crippen MR) is 115 cm³/mol. The lowest BCUT2D eigenvalue weighted by Gasteiger charge is -2.14. The zero-order valence-electron chi connectivity index (χ0n) is 16.5. The number of methoxy groups -OCH3 is 1. The van der Waals surface area contributed by atoms with Gasteiger partial charge in [0.15, 0.2) is 0 Å². The number of ether oxygens (including phenoxy) is 1. The van der Waals surface area contributed by atoms with E-state index >= 15 is 0 Å². The molecule has 0 aromatic heterocycles. The summed E-state index contributed by atoms with van der Waals surface area (Å²) in [5, 5.41) is 2.21. The highest BCUT2D eigenvalue weighted by molar-refractivity contribution is 8.18. The van der Waals surface area contributed by atoms with E-state index in [4.69, 9.17) is 4.74 Å². The van der Waals surface area contributed by atoms with Crippen LogP contribution in [0.3, 0.4) is 0 Å². The Morgan fingerprint density at radius 1 is 1.14 bits per heavy atom. The number of thioether (sulfide) groups is 1. The summed E-state index contributed by atoms with van der Waals surface area (Å²) in [6.45, 7) is 3.86. The first kappa shape index (κ1) is 20.7. The van der Waals surface area contributed by atoms with Crippen LogP contribution in [0.15, 0.2) is 53.4 Å². The Morgan fingerprint density at radius 3 is 2.48 bits per heavy atom. The molecule has 0 unspecified atom stereocenters. The fourth-order valence-corrected chi connectivity index (χ4v) is 3.68. The molecule has 2 aromatic carbocycles. The summed E-state index contributed by atoms with van der Waals surface area (Å²) in [4.78, 5) is 38.5. The van der Waals surface area contributed by atoms with Crippen LogP contribution in [0.25, 0.3) is 6.08 Å². The van der Waals surface area contributed by atoms with Crippen LogP contribution in [0.4, 0.5) is 10.5 Å². The number of imide groups is 1. The highest BCUT2D eigenvalue weighted by Gasteiger charge is 2.36. The summed E-state index contributed by atoms with van der Waals surface area (Å²) in [7, 11) is 1.50. The maximum absolute atomic E-state index is 12.6. The molecule has 1 saturated heterocycles. The van der Waals surface area contributed by atoms with Crippen LogP contribution < -0.4 is 10.1 Å². The number of amides is 3. The van der Waals surface area contributed by atoms with Gasteiger partial charge in [0.1, 0.15) is 12.3 Å². The smallest absolute Gasteiger partial charge is 0.294 e. The van der Waals surface area contributed by atoms with Crippen LogP contribution in [0.1, 0.15) is 30.9 Å². The predicted octanol–water partition coefficient (Wildman–Crippen LogP) is 4.49. The van der Waals surface area contributed by atoms with Crippen LogP contribution in [0, 0.1) is 0 Å². The Morgan fingerprint density at radius 2 is 1.83 bits per heavy atom. The van der Waals surface area contributed by atoms with Gasteiger partial charge in [-0.15, -0.1) is 0 Å². The molecule has 1 fully saturated rings. The van der Waals surface area contributed by atoms with E-state index < -0.39 is 17.1 Å². The van der Waals surface area contributed by atoms with E-state index in [2.05, 4.69) is 19.2 Å². The molecule has 0 radical (unpaired) electrons. The highest BCUT2D eigenvalue weighted by Crippen LogP contribution is 2.32. The fraction of sp³-hybridized carbons (Fsp3) is 0.227. The zero-order chi connectivity index (χ0) is 21.0. The van der Waals surface area contributed by atoms with Crippen molar-refractivity contribution >= 4 is 40.6 Å². The van der Waals surface area contributed by atoms with E-state index in [1.165, 1.54) is 12.7 Å². The Hall–Kier alpha value is -3.06. The van der Waals surface area contributed by atoms with Crippen LogP contribution in [0.5, 0.6) is 5.75 Å². The van der Waals surface area contributed by atoms with E-state index in [1.807, 2.05) is 24.3 Å². The number of carbonyl (C=O) groups excluding carboxylic acids is 3. The van der Waals surface area contributed by atoms with Crippen molar-refractivity contribution < 1.29 is 19.1 Å². The zero-order valence-corrected chi connectivity index (χ0v) is 17.3. The molecule has 1 N–H and O–H groups in total. The molecular formula is C22H22N2O4S. The van der Waals surface area contributed by atoms with Gasteiger partial charge in [-0.3, -0.25) is 19.3 Å². The number of hydrogen-bond acceptors (Lipinski definition) is 5. The van der Waals surface area contributed by atoms with E-state index in [-0.39, 0.29) is 6.54 Å². The van der Waals surface area contributed by atoms with Crippen molar-refractivity contribution in [1.82, 2.24) is 4.90 Å². The van der Waals surface area contributed by atoms with Crippen molar-refractivity contribution in [2.45, 2.75) is 19.8 Å². The van der Waals surface area contributed by atoms with Crippen molar-refractivity contribution in [3.8, 4) is 5.75 Å². The van der Waals surface area contributed by atoms with Crippen molar-refractivity contribution in [2.75, 3.05) is 19.0 Å². The third-order valence-corrected chi connectivity index (χ3v) is 5.36. The van der Waals surface area contributed by atoms with Gasteiger partial charge < -0.3 is 10.1 Å². The molecule has 150 valence electrons. The normalized spacial score (nSPS) is 15.3. The van der Waals surface area contributed by atoms with Gasteiger partial charge >= 0.3 is 0 Å². The molecule has 0 bridgehead atoms.